The normalized spacial score (nSPS) is 11.4. The Morgan fingerprint density at radius 2 is 1.59 bits per heavy atom. The minimum Gasteiger partial charge on any atom is -0.506 e. The molecule has 5 rings (SSSR count). The van der Waals surface area contributed by atoms with Crippen molar-refractivity contribution in [3.05, 3.63) is 131 Å². The summed E-state index contributed by atoms with van der Waals surface area (Å²) in [5.74, 6) is -1.79. The van der Waals surface area contributed by atoms with Crippen LogP contribution in [0.1, 0.15) is 38.8 Å². The zero-order valence-corrected chi connectivity index (χ0v) is 24.6. The summed E-state index contributed by atoms with van der Waals surface area (Å²) in [6.45, 7) is 1.86. The van der Waals surface area contributed by atoms with E-state index in [9.17, 15) is 24.3 Å². The van der Waals surface area contributed by atoms with Crippen molar-refractivity contribution < 1.29 is 33.8 Å². The van der Waals surface area contributed by atoms with Crippen LogP contribution in [0.2, 0.25) is 0 Å². The second-order valence-corrected chi connectivity index (χ2v) is 10.1. The number of hydrazine groups is 1. The highest BCUT2D eigenvalue weighted by atomic mass is 16.7. The average molecular weight is 620 g/mol. The first-order valence-corrected chi connectivity index (χ1v) is 14.1. The lowest BCUT2D eigenvalue weighted by Crippen LogP contribution is -2.50. The van der Waals surface area contributed by atoms with Crippen LogP contribution >= 0.6 is 0 Å². The number of fused-ring (bicyclic) bond motifs is 1. The van der Waals surface area contributed by atoms with Crippen LogP contribution in [-0.2, 0) is 27.5 Å². The van der Waals surface area contributed by atoms with Gasteiger partial charge in [0.2, 0.25) is 0 Å². The third-order valence-corrected chi connectivity index (χ3v) is 6.81. The molecule has 5 aromatic rings. The molecule has 231 valence electrons. The summed E-state index contributed by atoms with van der Waals surface area (Å²) in [6, 6.07) is 25.8. The van der Waals surface area contributed by atoms with E-state index in [1.807, 2.05) is 24.3 Å². The van der Waals surface area contributed by atoms with Crippen LogP contribution in [0.3, 0.4) is 0 Å². The lowest BCUT2D eigenvalue weighted by atomic mass is 10.0. The number of benzene rings is 3. The number of carbonyl (C=O) groups excluding carboxylic acids is 4. The minimum atomic E-state index is -1.35. The number of aromatic nitrogens is 2. The van der Waals surface area contributed by atoms with Gasteiger partial charge in [-0.3, -0.25) is 9.59 Å². The highest BCUT2D eigenvalue weighted by Gasteiger charge is 2.30. The van der Waals surface area contributed by atoms with E-state index in [0.717, 1.165) is 16.1 Å². The first-order valence-electron chi connectivity index (χ1n) is 14.1. The number of pyridine rings is 2. The SMILES string of the molecule is Cc1ccc2c(O)c(C(=O)NC(C(=O)N[N+](C=O)Cc3ccccc3)c3ccc(OC(=O)OCc4ccccc4)cc3)cnc2n1. The third-order valence-electron chi connectivity index (χ3n) is 6.81. The minimum absolute atomic E-state index is 0.0222. The van der Waals surface area contributed by atoms with Gasteiger partial charge in [0.1, 0.15) is 29.7 Å². The molecular weight excluding hydrogens is 590 g/mol. The molecule has 12 nitrogen and oxygen atoms in total. The molecule has 0 bridgehead atoms. The van der Waals surface area contributed by atoms with Crippen molar-refractivity contribution >= 4 is 35.4 Å². The van der Waals surface area contributed by atoms with Crippen molar-refractivity contribution in [2.24, 2.45) is 0 Å². The number of carbonyl (C=O) groups is 4. The van der Waals surface area contributed by atoms with E-state index < -0.39 is 24.0 Å². The Bertz CT molecular complexity index is 1850. The highest BCUT2D eigenvalue weighted by Crippen LogP contribution is 2.27. The fourth-order valence-corrected chi connectivity index (χ4v) is 4.49. The molecule has 0 aliphatic heterocycles. The monoisotopic (exact) mass is 619 g/mol. The van der Waals surface area contributed by atoms with Crippen LogP contribution in [-0.4, -0.2) is 39.5 Å². The van der Waals surface area contributed by atoms with Gasteiger partial charge in [-0.15, -0.1) is 5.43 Å². The summed E-state index contributed by atoms with van der Waals surface area (Å²) < 4.78 is 10.4. The maximum atomic E-state index is 13.6. The number of nitrogens with one attached hydrogen (secondary N) is 2. The number of rotatable bonds is 11. The molecule has 0 saturated heterocycles. The molecule has 3 aromatic carbocycles. The van der Waals surface area contributed by atoms with Crippen molar-refractivity contribution in [3.8, 4) is 11.5 Å². The number of aryl methyl sites for hydroxylation is 1. The molecule has 0 aliphatic carbocycles. The summed E-state index contributed by atoms with van der Waals surface area (Å²) in [5.41, 5.74) is 5.09. The standard InChI is InChI=1S/C34H29N5O7/c1-22-12-17-27-30(41)28(18-35-31(27)36-22)32(42)37-29(33(43)38-39(21-40)19-23-8-4-2-5-9-23)25-13-15-26(16-14-25)46-34(44)45-20-24-10-6-3-7-11-24/h2-18,21,29H,19-20H2,1H3,(H,37,42)(H,38,43)(H,35,36,41)/q+1. The molecule has 0 fully saturated rings. The van der Waals surface area contributed by atoms with Crippen molar-refractivity contribution in [1.29, 1.82) is 0 Å². The van der Waals surface area contributed by atoms with E-state index in [2.05, 4.69) is 20.7 Å². The van der Waals surface area contributed by atoms with Gasteiger partial charge in [-0.2, -0.15) is 0 Å². The largest absolute Gasteiger partial charge is 0.514 e. The number of nitrogens with zero attached hydrogens (tertiary/aromatic N) is 3. The summed E-state index contributed by atoms with van der Waals surface area (Å²) in [6.07, 6.45) is 0.695. The molecule has 3 N–H and O–H groups in total. The van der Waals surface area contributed by atoms with Gasteiger partial charge in [-0.25, -0.2) is 19.6 Å². The fraction of sp³-hybridized carbons (Fsp3) is 0.118. The lowest BCUT2D eigenvalue weighted by Gasteiger charge is -2.19. The van der Waals surface area contributed by atoms with Crippen molar-refractivity contribution in [2.75, 3.05) is 0 Å². The third kappa shape index (κ3) is 7.87. The van der Waals surface area contributed by atoms with Gasteiger partial charge in [0.05, 0.1) is 5.39 Å². The van der Waals surface area contributed by atoms with Crippen LogP contribution in [0.5, 0.6) is 11.5 Å². The summed E-state index contributed by atoms with van der Waals surface area (Å²) in [4.78, 5) is 59.5. The van der Waals surface area contributed by atoms with Crippen molar-refractivity contribution in [3.63, 3.8) is 0 Å². The quantitative estimate of drug-likeness (QED) is 0.0641. The highest BCUT2D eigenvalue weighted by molar-refractivity contribution is 6.03. The van der Waals surface area contributed by atoms with Crippen molar-refractivity contribution in [1.82, 2.24) is 25.7 Å². The van der Waals surface area contributed by atoms with E-state index in [4.69, 9.17) is 9.47 Å². The molecule has 1 atom stereocenters. The average Bonchev–Trinajstić information content (AvgIpc) is 3.07. The fourth-order valence-electron chi connectivity index (χ4n) is 4.49. The predicted octanol–water partition coefficient (Wildman–Crippen LogP) is 4.36. The molecule has 2 heterocycles. The second-order valence-electron chi connectivity index (χ2n) is 10.1. The molecular formula is C34H29N5O7+. The van der Waals surface area contributed by atoms with Crippen LogP contribution in [0.4, 0.5) is 4.79 Å². The van der Waals surface area contributed by atoms with Gasteiger partial charge >= 0.3 is 12.6 Å². The predicted molar refractivity (Wildman–Crippen MR) is 166 cm³/mol. The van der Waals surface area contributed by atoms with Gasteiger partial charge in [-0.1, -0.05) is 72.8 Å². The number of aromatic hydroxyl groups is 1. The Hall–Kier alpha value is -6.14. The first-order chi connectivity index (χ1) is 22.3. The number of hydrogen-bond donors (Lipinski definition) is 3. The van der Waals surface area contributed by atoms with E-state index >= 15 is 0 Å². The van der Waals surface area contributed by atoms with E-state index in [0.29, 0.717) is 12.1 Å². The molecule has 3 amide bonds. The molecule has 12 heteroatoms. The van der Waals surface area contributed by atoms with Gasteiger partial charge < -0.3 is 19.9 Å². The van der Waals surface area contributed by atoms with E-state index in [-0.39, 0.29) is 46.8 Å². The van der Waals surface area contributed by atoms with Gasteiger partial charge in [0.15, 0.2) is 12.2 Å². The smallest absolute Gasteiger partial charge is 0.506 e. The molecule has 1 unspecified atom stereocenters. The van der Waals surface area contributed by atoms with Crippen LogP contribution in [0.15, 0.2) is 103 Å². The number of hydrogen-bond acceptors (Lipinski definition) is 9. The van der Waals surface area contributed by atoms with Crippen LogP contribution in [0.25, 0.3) is 11.0 Å². The van der Waals surface area contributed by atoms with E-state index in [1.54, 1.807) is 55.5 Å². The lowest BCUT2D eigenvalue weighted by molar-refractivity contribution is -0.130. The van der Waals surface area contributed by atoms with Gasteiger partial charge in [0.25, 0.3) is 11.8 Å². The molecule has 0 aliphatic rings. The van der Waals surface area contributed by atoms with E-state index in [1.165, 1.54) is 30.5 Å². The first kappa shape index (κ1) is 31.3. The van der Waals surface area contributed by atoms with Gasteiger partial charge in [0, 0.05) is 22.5 Å². The Morgan fingerprint density at radius 3 is 2.26 bits per heavy atom. The summed E-state index contributed by atoms with van der Waals surface area (Å²) in [5, 5.41) is 14.8. The van der Waals surface area contributed by atoms with Crippen molar-refractivity contribution in [2.45, 2.75) is 26.1 Å². The molecule has 0 spiro atoms. The molecule has 2 aromatic heterocycles. The Balaban J connectivity index is 1.35. The molecule has 1 radical (unpaired) electrons. The molecule has 0 saturated carbocycles. The summed E-state index contributed by atoms with van der Waals surface area (Å²) in [7, 11) is 0. The topological polar surface area (TPSA) is 163 Å². The summed E-state index contributed by atoms with van der Waals surface area (Å²) >= 11 is 0. The van der Waals surface area contributed by atoms with Crippen LogP contribution < -0.4 is 20.5 Å². The van der Waals surface area contributed by atoms with Gasteiger partial charge in [-0.05, 0) is 42.3 Å². The maximum absolute atomic E-state index is 13.6. The Labute approximate surface area is 263 Å². The number of ether oxygens (including phenoxy) is 2. The zero-order chi connectivity index (χ0) is 32.5. The van der Waals surface area contributed by atoms with Crippen LogP contribution in [0, 0.1) is 6.92 Å². The molecule has 46 heavy (non-hydrogen) atoms. The Kier molecular flexibility index (Phi) is 9.90. The zero-order valence-electron chi connectivity index (χ0n) is 24.6. The second kappa shape index (κ2) is 14.6. The Morgan fingerprint density at radius 1 is 0.913 bits per heavy atom. The number of amides is 3. The maximum Gasteiger partial charge on any atom is 0.514 e.